The summed E-state index contributed by atoms with van der Waals surface area (Å²) in [4.78, 5) is 8.94. The van der Waals surface area contributed by atoms with E-state index in [1.165, 1.54) is 0 Å². The van der Waals surface area contributed by atoms with Gasteiger partial charge in [-0.1, -0.05) is 30.7 Å². The van der Waals surface area contributed by atoms with Crippen molar-refractivity contribution in [3.8, 4) is 0 Å². The third kappa shape index (κ3) is 5.78. The van der Waals surface area contributed by atoms with E-state index in [4.69, 9.17) is 11.6 Å². The molecule has 1 saturated heterocycles. The monoisotopic (exact) mass is 386 g/mol. The quantitative estimate of drug-likeness (QED) is 0.597. The first kappa shape index (κ1) is 19.8. The molecule has 0 unspecified atom stereocenters. The fraction of sp³-hybridized carbons (Fsp3) is 0.588. The van der Waals surface area contributed by atoms with E-state index in [1.807, 2.05) is 31.2 Å². The molecule has 0 aliphatic carbocycles. The highest BCUT2D eigenvalue weighted by molar-refractivity contribution is 7.91. The molecule has 25 heavy (non-hydrogen) atoms. The maximum atomic E-state index is 11.6. The Hall–Kier alpha value is -1.47. The van der Waals surface area contributed by atoms with Crippen molar-refractivity contribution in [1.29, 1.82) is 0 Å². The van der Waals surface area contributed by atoms with Gasteiger partial charge < -0.3 is 15.1 Å². The summed E-state index contributed by atoms with van der Waals surface area (Å²) in [5.41, 5.74) is 1.06. The van der Waals surface area contributed by atoms with Crippen molar-refractivity contribution < 1.29 is 8.42 Å². The van der Waals surface area contributed by atoms with Gasteiger partial charge in [0.2, 0.25) is 0 Å². The van der Waals surface area contributed by atoms with Crippen LogP contribution in [0.15, 0.2) is 29.3 Å². The minimum Gasteiger partial charge on any atom is -0.367 e. The molecule has 1 aromatic carbocycles. The van der Waals surface area contributed by atoms with E-state index in [0.29, 0.717) is 6.54 Å². The predicted octanol–water partition coefficient (Wildman–Crippen LogP) is 1.86. The number of piperazine rings is 1. The van der Waals surface area contributed by atoms with Crippen LogP contribution in [0, 0.1) is 0 Å². The van der Waals surface area contributed by atoms with Crippen molar-refractivity contribution in [2.24, 2.45) is 4.99 Å². The molecule has 1 N–H and O–H groups in total. The number of nitrogens with one attached hydrogen (secondary N) is 1. The van der Waals surface area contributed by atoms with Crippen LogP contribution in [0.4, 0.5) is 5.69 Å². The van der Waals surface area contributed by atoms with Crippen molar-refractivity contribution in [3.05, 3.63) is 29.3 Å². The summed E-state index contributed by atoms with van der Waals surface area (Å²) in [5.74, 6) is 1.04. The van der Waals surface area contributed by atoms with Crippen molar-refractivity contribution in [3.63, 3.8) is 0 Å². The van der Waals surface area contributed by atoms with Crippen LogP contribution in [0.2, 0.25) is 5.02 Å². The van der Waals surface area contributed by atoms with Crippen LogP contribution >= 0.6 is 11.6 Å². The van der Waals surface area contributed by atoms with E-state index >= 15 is 0 Å². The highest BCUT2D eigenvalue weighted by atomic mass is 35.5. The summed E-state index contributed by atoms with van der Waals surface area (Å²) >= 11 is 6.28. The average Bonchev–Trinajstić information content (AvgIpc) is 2.62. The Morgan fingerprint density at radius 3 is 2.48 bits per heavy atom. The topological polar surface area (TPSA) is 65.0 Å². The predicted molar refractivity (Wildman–Crippen MR) is 106 cm³/mol. The van der Waals surface area contributed by atoms with Gasteiger partial charge in [-0.05, 0) is 19.1 Å². The molecule has 8 heteroatoms. The van der Waals surface area contributed by atoms with Crippen molar-refractivity contribution in [1.82, 2.24) is 10.2 Å². The van der Waals surface area contributed by atoms with Gasteiger partial charge in [-0.2, -0.15) is 0 Å². The van der Waals surface area contributed by atoms with Crippen LogP contribution in [0.5, 0.6) is 0 Å². The second kappa shape index (κ2) is 9.29. The van der Waals surface area contributed by atoms with E-state index in [2.05, 4.69) is 20.1 Å². The molecule has 6 nitrogen and oxygen atoms in total. The lowest BCUT2D eigenvalue weighted by atomic mass is 10.2. The first-order chi connectivity index (χ1) is 12.0. The van der Waals surface area contributed by atoms with E-state index in [-0.39, 0.29) is 11.5 Å². The van der Waals surface area contributed by atoms with Gasteiger partial charge in [0.25, 0.3) is 0 Å². The fourth-order valence-corrected chi connectivity index (χ4v) is 3.64. The molecule has 0 spiro atoms. The Kier molecular flexibility index (Phi) is 7.38. The molecule has 1 aliphatic heterocycles. The summed E-state index contributed by atoms with van der Waals surface area (Å²) in [5, 5.41) is 4.02. The van der Waals surface area contributed by atoms with Gasteiger partial charge in [-0.3, -0.25) is 4.99 Å². The van der Waals surface area contributed by atoms with E-state index in [0.717, 1.165) is 49.4 Å². The highest BCUT2D eigenvalue weighted by Gasteiger charge is 2.21. The average molecular weight is 387 g/mol. The zero-order valence-corrected chi connectivity index (χ0v) is 16.5. The van der Waals surface area contributed by atoms with Gasteiger partial charge in [0.15, 0.2) is 15.8 Å². The lowest BCUT2D eigenvalue weighted by Gasteiger charge is -2.38. The van der Waals surface area contributed by atoms with Gasteiger partial charge in [-0.25, -0.2) is 8.42 Å². The fourth-order valence-electron chi connectivity index (χ4n) is 2.73. The minimum absolute atomic E-state index is 0.0952. The third-order valence-electron chi connectivity index (χ3n) is 4.21. The minimum atomic E-state index is -2.99. The number of halogens is 1. The summed E-state index contributed by atoms with van der Waals surface area (Å²) in [6, 6.07) is 7.87. The van der Waals surface area contributed by atoms with Gasteiger partial charge in [-0.15, -0.1) is 0 Å². The van der Waals surface area contributed by atoms with Crippen LogP contribution < -0.4 is 10.2 Å². The second-order valence-corrected chi connectivity index (χ2v) is 8.78. The van der Waals surface area contributed by atoms with Gasteiger partial charge in [0, 0.05) is 38.5 Å². The molecular weight excluding hydrogens is 360 g/mol. The molecule has 0 saturated carbocycles. The second-order valence-electron chi connectivity index (χ2n) is 5.90. The zero-order chi connectivity index (χ0) is 18.3. The summed E-state index contributed by atoms with van der Waals surface area (Å²) in [6.45, 7) is 8.06. The Morgan fingerprint density at radius 1 is 1.20 bits per heavy atom. The normalized spacial score (nSPS) is 16.2. The van der Waals surface area contributed by atoms with E-state index in [1.54, 1.807) is 6.92 Å². The number of nitrogens with zero attached hydrogens (tertiary/aromatic N) is 3. The lowest BCUT2D eigenvalue weighted by Crippen LogP contribution is -2.52. The molecular formula is C17H27ClN4O2S. The van der Waals surface area contributed by atoms with Gasteiger partial charge in [0.05, 0.1) is 23.0 Å². The Balaban J connectivity index is 1.96. The number of guanidine groups is 1. The Bertz CT molecular complexity index is 686. The van der Waals surface area contributed by atoms with Crippen LogP contribution in [-0.2, 0) is 9.84 Å². The maximum Gasteiger partial charge on any atom is 0.194 e. The molecule has 0 bridgehead atoms. The molecule has 0 radical (unpaired) electrons. The lowest BCUT2D eigenvalue weighted by molar-refractivity contribution is 0.373. The van der Waals surface area contributed by atoms with Crippen molar-refractivity contribution in [2.45, 2.75) is 13.8 Å². The zero-order valence-electron chi connectivity index (χ0n) is 14.9. The van der Waals surface area contributed by atoms with Gasteiger partial charge in [0.1, 0.15) is 0 Å². The standard InChI is InChI=1S/C17H27ClN4O2S/c1-3-19-17(20-9-14-25(23,24)4-2)22-12-10-21(11-13-22)16-8-6-5-7-15(16)18/h5-8H,3-4,9-14H2,1-2H3,(H,19,20). The molecule has 1 fully saturated rings. The highest BCUT2D eigenvalue weighted by Crippen LogP contribution is 2.25. The van der Waals surface area contributed by atoms with E-state index < -0.39 is 9.84 Å². The number of rotatable bonds is 6. The Labute approximate surface area is 155 Å². The van der Waals surface area contributed by atoms with E-state index in [9.17, 15) is 8.42 Å². The maximum absolute atomic E-state index is 11.6. The first-order valence-corrected chi connectivity index (χ1v) is 10.9. The van der Waals surface area contributed by atoms with Crippen molar-refractivity contribution in [2.75, 3.05) is 55.7 Å². The van der Waals surface area contributed by atoms with Gasteiger partial charge >= 0.3 is 0 Å². The number of aliphatic imine (C=N–C) groups is 1. The number of hydrogen-bond donors (Lipinski definition) is 1. The molecule has 1 heterocycles. The number of benzene rings is 1. The molecule has 0 amide bonds. The number of anilines is 1. The molecule has 1 aromatic rings. The summed E-state index contributed by atoms with van der Waals surface area (Å²) < 4.78 is 23.2. The third-order valence-corrected chi connectivity index (χ3v) is 6.21. The number of para-hydroxylation sites is 1. The Morgan fingerprint density at radius 2 is 1.88 bits per heavy atom. The van der Waals surface area contributed by atoms with Crippen LogP contribution in [-0.4, -0.2) is 70.1 Å². The molecule has 140 valence electrons. The molecule has 0 aromatic heterocycles. The largest absolute Gasteiger partial charge is 0.367 e. The van der Waals surface area contributed by atoms with Crippen LogP contribution in [0.25, 0.3) is 0 Å². The van der Waals surface area contributed by atoms with Crippen LogP contribution in [0.3, 0.4) is 0 Å². The summed E-state index contributed by atoms with van der Waals surface area (Å²) in [7, 11) is -2.99. The van der Waals surface area contributed by atoms with Crippen molar-refractivity contribution >= 4 is 33.1 Å². The molecule has 0 atom stereocenters. The van der Waals surface area contributed by atoms with Crippen LogP contribution in [0.1, 0.15) is 13.8 Å². The summed E-state index contributed by atoms with van der Waals surface area (Å²) in [6.07, 6.45) is 0. The molecule has 2 rings (SSSR count). The number of hydrogen-bond acceptors (Lipinski definition) is 4. The smallest absolute Gasteiger partial charge is 0.194 e. The first-order valence-electron chi connectivity index (χ1n) is 8.70. The molecule has 1 aliphatic rings. The SMILES string of the molecule is CCNC(=NCCS(=O)(=O)CC)N1CCN(c2ccccc2Cl)CC1. The number of sulfone groups is 1.